The number of benzene rings is 1. The quantitative estimate of drug-likeness (QED) is 0.462. The zero-order valence-corrected chi connectivity index (χ0v) is 20.4. The van der Waals surface area contributed by atoms with Gasteiger partial charge in [-0.1, -0.05) is 26.3 Å². The minimum atomic E-state index is -1.15. The molecule has 1 heterocycles. The van der Waals surface area contributed by atoms with Crippen LogP contribution in [0.1, 0.15) is 70.8 Å². The maximum Gasteiger partial charge on any atom is 0.335 e. The van der Waals surface area contributed by atoms with Crippen molar-refractivity contribution in [1.29, 1.82) is 0 Å². The number of methoxy groups -OCH3 is 1. The molecule has 1 fully saturated rings. The van der Waals surface area contributed by atoms with Crippen molar-refractivity contribution in [3.8, 4) is 17.2 Å². The number of hydrogen-bond donors (Lipinski definition) is 1. The Hall–Kier alpha value is -2.38. The van der Waals surface area contributed by atoms with E-state index in [0.717, 1.165) is 48.5 Å². The van der Waals surface area contributed by atoms with Crippen LogP contribution < -0.4 is 4.74 Å². The maximum atomic E-state index is 11.3. The average molecular weight is 460 g/mol. The lowest BCUT2D eigenvalue weighted by Crippen LogP contribution is -2.37. The molecule has 7 heteroatoms. The Labute approximate surface area is 196 Å². The number of carbonyl (C=O) groups is 1. The van der Waals surface area contributed by atoms with E-state index in [9.17, 15) is 9.90 Å². The molecular weight excluding hydrogens is 422 g/mol. The van der Waals surface area contributed by atoms with Gasteiger partial charge < -0.3 is 23.7 Å². The average Bonchev–Trinajstić information content (AvgIpc) is 3.23. The molecule has 1 aromatic carbocycles. The standard InChI is InChI=1S/C26H37NO6/c1-17(2)23-22(27-24(33-23)20-10-7-11-21(13-20)30-5)16-31-14-18-8-6-9-19(12-18)15-32-26(3,4)25(28)29/h7,10-11,13,17-19H,6,8-9,12,14-16H2,1-5H3,(H,28,29). The van der Waals surface area contributed by atoms with Crippen molar-refractivity contribution in [2.45, 2.75) is 71.5 Å². The van der Waals surface area contributed by atoms with Crippen molar-refractivity contribution >= 4 is 5.97 Å². The molecule has 0 radical (unpaired) electrons. The summed E-state index contributed by atoms with van der Waals surface area (Å²) in [4.78, 5) is 16.0. The normalized spacial score (nSPS) is 19.1. The summed E-state index contributed by atoms with van der Waals surface area (Å²) in [6.07, 6.45) is 4.28. The Bertz CT molecular complexity index is 919. The summed E-state index contributed by atoms with van der Waals surface area (Å²) < 4.78 is 23.2. The second kappa shape index (κ2) is 11.2. The third-order valence-electron chi connectivity index (χ3n) is 6.25. The number of rotatable bonds is 11. The molecule has 1 aliphatic carbocycles. The number of nitrogens with zero attached hydrogens (tertiary/aromatic N) is 1. The van der Waals surface area contributed by atoms with Crippen molar-refractivity contribution in [2.75, 3.05) is 20.3 Å². The number of carboxylic acid groups (broad SMARTS) is 1. The Morgan fingerprint density at radius 3 is 2.64 bits per heavy atom. The van der Waals surface area contributed by atoms with Gasteiger partial charge in [0.05, 0.1) is 20.3 Å². The molecular formula is C26H37NO6. The summed E-state index contributed by atoms with van der Waals surface area (Å²) in [5.41, 5.74) is 0.563. The molecule has 182 valence electrons. The monoisotopic (exact) mass is 459 g/mol. The van der Waals surface area contributed by atoms with Gasteiger partial charge >= 0.3 is 5.97 Å². The Morgan fingerprint density at radius 1 is 1.24 bits per heavy atom. The Morgan fingerprint density at radius 2 is 1.97 bits per heavy atom. The molecule has 33 heavy (non-hydrogen) atoms. The Balaban J connectivity index is 1.56. The van der Waals surface area contributed by atoms with Crippen LogP contribution in [0.5, 0.6) is 5.75 Å². The largest absolute Gasteiger partial charge is 0.497 e. The molecule has 0 saturated heterocycles. The first-order chi connectivity index (χ1) is 15.7. The summed E-state index contributed by atoms with van der Waals surface area (Å²) in [5, 5.41) is 9.24. The van der Waals surface area contributed by atoms with E-state index in [1.807, 2.05) is 24.3 Å². The van der Waals surface area contributed by atoms with Gasteiger partial charge in [-0.15, -0.1) is 0 Å². The van der Waals surface area contributed by atoms with E-state index in [4.69, 9.17) is 23.6 Å². The van der Waals surface area contributed by atoms with Crippen molar-refractivity contribution in [2.24, 2.45) is 11.8 Å². The van der Waals surface area contributed by atoms with Crippen LogP contribution in [0.3, 0.4) is 0 Å². The summed E-state index contributed by atoms with van der Waals surface area (Å²) in [7, 11) is 1.64. The van der Waals surface area contributed by atoms with E-state index in [1.54, 1.807) is 21.0 Å². The van der Waals surface area contributed by atoms with E-state index in [-0.39, 0.29) is 5.92 Å². The Kier molecular flexibility index (Phi) is 8.54. The molecule has 0 aliphatic heterocycles. The van der Waals surface area contributed by atoms with E-state index >= 15 is 0 Å². The van der Waals surface area contributed by atoms with Crippen LogP contribution in [0.4, 0.5) is 0 Å². The number of aliphatic carboxylic acids is 1. The predicted molar refractivity (Wildman–Crippen MR) is 125 cm³/mol. The summed E-state index contributed by atoms with van der Waals surface area (Å²) in [6, 6.07) is 7.69. The van der Waals surface area contributed by atoms with Crippen LogP contribution in [0.15, 0.2) is 28.7 Å². The molecule has 0 amide bonds. The maximum absolute atomic E-state index is 11.3. The van der Waals surface area contributed by atoms with E-state index in [1.165, 1.54) is 0 Å². The number of oxazole rings is 1. The fourth-order valence-corrected chi connectivity index (χ4v) is 4.21. The van der Waals surface area contributed by atoms with Gasteiger partial charge in [0.1, 0.15) is 17.2 Å². The van der Waals surface area contributed by atoms with Gasteiger partial charge in [0, 0.05) is 18.1 Å². The summed E-state index contributed by atoms with van der Waals surface area (Å²) >= 11 is 0. The number of hydrogen-bond acceptors (Lipinski definition) is 6. The highest BCUT2D eigenvalue weighted by Gasteiger charge is 2.31. The van der Waals surface area contributed by atoms with Crippen LogP contribution in [-0.4, -0.2) is 42.0 Å². The molecule has 2 aromatic rings. The second-order valence-corrected chi connectivity index (χ2v) is 9.76. The predicted octanol–water partition coefficient (Wildman–Crippen LogP) is 5.68. The molecule has 2 unspecified atom stereocenters. The third kappa shape index (κ3) is 6.81. The third-order valence-corrected chi connectivity index (χ3v) is 6.25. The first kappa shape index (κ1) is 25.2. The molecule has 1 aromatic heterocycles. The highest BCUT2D eigenvalue weighted by molar-refractivity contribution is 5.76. The first-order valence-electron chi connectivity index (χ1n) is 11.8. The van der Waals surface area contributed by atoms with Gasteiger partial charge in [0.2, 0.25) is 5.89 Å². The van der Waals surface area contributed by atoms with Gasteiger partial charge in [0.15, 0.2) is 5.60 Å². The van der Waals surface area contributed by atoms with Crippen LogP contribution >= 0.6 is 0 Å². The number of carboxylic acids is 1. The fourth-order valence-electron chi connectivity index (χ4n) is 4.21. The van der Waals surface area contributed by atoms with Gasteiger partial charge in [-0.3, -0.25) is 0 Å². The summed E-state index contributed by atoms with van der Waals surface area (Å²) in [5.74, 6) is 2.25. The smallest absolute Gasteiger partial charge is 0.335 e. The molecule has 0 bridgehead atoms. The summed E-state index contributed by atoms with van der Waals surface area (Å²) in [6.45, 7) is 8.90. The number of aromatic nitrogens is 1. The lowest BCUT2D eigenvalue weighted by atomic mass is 9.82. The SMILES string of the molecule is COc1cccc(-c2nc(COCC3CCCC(COC(C)(C)C(=O)O)C3)c(C(C)C)o2)c1. The lowest BCUT2D eigenvalue weighted by molar-refractivity contribution is -0.163. The van der Waals surface area contributed by atoms with Crippen LogP contribution in [0.2, 0.25) is 0 Å². The van der Waals surface area contributed by atoms with Crippen molar-refractivity contribution < 1.29 is 28.5 Å². The topological polar surface area (TPSA) is 91.0 Å². The van der Waals surface area contributed by atoms with E-state index in [0.29, 0.717) is 37.5 Å². The van der Waals surface area contributed by atoms with Crippen LogP contribution in [-0.2, 0) is 20.9 Å². The second-order valence-electron chi connectivity index (χ2n) is 9.76. The first-order valence-corrected chi connectivity index (χ1v) is 11.8. The zero-order valence-electron chi connectivity index (χ0n) is 20.4. The highest BCUT2D eigenvalue weighted by atomic mass is 16.5. The van der Waals surface area contributed by atoms with Crippen LogP contribution in [0.25, 0.3) is 11.5 Å². The molecule has 1 saturated carbocycles. The lowest BCUT2D eigenvalue weighted by Gasteiger charge is -2.31. The van der Waals surface area contributed by atoms with Gasteiger partial charge in [-0.05, 0) is 63.1 Å². The molecule has 0 spiro atoms. The van der Waals surface area contributed by atoms with E-state index < -0.39 is 11.6 Å². The van der Waals surface area contributed by atoms with Crippen molar-refractivity contribution in [3.63, 3.8) is 0 Å². The van der Waals surface area contributed by atoms with Crippen molar-refractivity contribution in [3.05, 3.63) is 35.7 Å². The molecule has 1 aliphatic rings. The molecule has 2 atom stereocenters. The van der Waals surface area contributed by atoms with Crippen molar-refractivity contribution in [1.82, 2.24) is 4.98 Å². The molecule has 1 N–H and O–H groups in total. The molecule has 7 nitrogen and oxygen atoms in total. The zero-order chi connectivity index (χ0) is 24.0. The van der Waals surface area contributed by atoms with Gasteiger partial charge in [-0.2, -0.15) is 0 Å². The minimum Gasteiger partial charge on any atom is -0.497 e. The van der Waals surface area contributed by atoms with E-state index in [2.05, 4.69) is 13.8 Å². The fraction of sp³-hybridized carbons (Fsp3) is 0.615. The van der Waals surface area contributed by atoms with Crippen LogP contribution in [0, 0.1) is 11.8 Å². The minimum absolute atomic E-state index is 0.198. The highest BCUT2D eigenvalue weighted by Crippen LogP contribution is 2.32. The number of ether oxygens (including phenoxy) is 3. The van der Waals surface area contributed by atoms with Gasteiger partial charge in [-0.25, -0.2) is 9.78 Å². The van der Waals surface area contributed by atoms with Gasteiger partial charge in [0.25, 0.3) is 0 Å². The molecule has 3 rings (SSSR count).